The van der Waals surface area contributed by atoms with E-state index >= 15 is 0 Å². The zero-order valence-corrected chi connectivity index (χ0v) is 36.6. The van der Waals surface area contributed by atoms with E-state index in [0.717, 1.165) is 30.9 Å². The fraction of sp³-hybridized carbons (Fsp3) is 0.532. The first-order chi connectivity index (χ1) is 27.5. The van der Waals surface area contributed by atoms with Gasteiger partial charge in [0.25, 0.3) is 0 Å². The first-order valence-electron chi connectivity index (χ1n) is 20.5. The molecule has 0 unspecified atom stereocenters. The van der Waals surface area contributed by atoms with Crippen molar-refractivity contribution >= 4 is 23.9 Å². The molecule has 12 heteroatoms. The van der Waals surface area contributed by atoms with Gasteiger partial charge in [0.15, 0.2) is 5.78 Å². The van der Waals surface area contributed by atoms with Crippen molar-refractivity contribution in [2.75, 3.05) is 19.6 Å². The molecule has 3 aromatic rings. The molecule has 0 radical (unpaired) electrons. The Bertz CT molecular complexity index is 1710. The van der Waals surface area contributed by atoms with Gasteiger partial charge in [-0.25, -0.2) is 27.7 Å². The fourth-order valence-corrected chi connectivity index (χ4v) is 5.85. The molecule has 0 aromatic heterocycles. The summed E-state index contributed by atoms with van der Waals surface area (Å²) >= 11 is 0. The monoisotopic (exact) mass is 825 g/mol. The van der Waals surface area contributed by atoms with Crippen LogP contribution in [0.25, 0.3) is 0 Å². The van der Waals surface area contributed by atoms with E-state index in [4.69, 9.17) is 9.47 Å². The number of aryl methyl sites for hydroxylation is 1. The molecule has 0 spiro atoms. The predicted molar refractivity (Wildman–Crippen MR) is 226 cm³/mol. The zero-order valence-electron chi connectivity index (χ0n) is 36.6. The molecule has 0 aliphatic carbocycles. The number of halogens is 3. The Balaban J connectivity index is 0.000000285. The highest BCUT2D eigenvalue weighted by Crippen LogP contribution is 2.25. The third-order valence-corrected chi connectivity index (χ3v) is 9.23. The molecule has 5 rings (SSSR count). The second kappa shape index (κ2) is 24.4. The van der Waals surface area contributed by atoms with Crippen molar-refractivity contribution in [1.29, 1.82) is 0 Å². The van der Waals surface area contributed by atoms with Gasteiger partial charge in [0, 0.05) is 37.5 Å². The predicted octanol–water partition coefficient (Wildman–Crippen LogP) is 11.1. The summed E-state index contributed by atoms with van der Waals surface area (Å²) in [6, 6.07) is 19.2. The average Bonchev–Trinajstić information content (AvgIpc) is 3.15. The molecule has 3 aromatic carbocycles. The SMILES string of the molecule is C[C@@H](CCC(=O)c1ccc(F)cc1)CNC(=O)OC(C)(C)C.C[C@H]1CCC(=O)N(C(=O)OC(C)(C)C)C1.C[C@H]1CC[C@H](c2ccc(F)cc2)NC1.Cc1ccc(F)cc1. The number of likely N-dealkylation sites (tertiary alicyclic amines) is 1. The lowest BCUT2D eigenvalue weighted by molar-refractivity contribution is -0.133. The molecule has 0 saturated carbocycles. The van der Waals surface area contributed by atoms with Crippen molar-refractivity contribution in [3.8, 4) is 0 Å². The first-order valence-corrected chi connectivity index (χ1v) is 20.5. The van der Waals surface area contributed by atoms with Crippen LogP contribution >= 0.6 is 0 Å². The van der Waals surface area contributed by atoms with Crippen molar-refractivity contribution in [3.63, 3.8) is 0 Å². The average molecular weight is 826 g/mol. The maximum absolute atomic E-state index is 12.8. The summed E-state index contributed by atoms with van der Waals surface area (Å²) in [5.74, 6) is 0.463. The number of ketones is 1. The van der Waals surface area contributed by atoms with E-state index in [-0.39, 0.29) is 35.1 Å². The summed E-state index contributed by atoms with van der Waals surface area (Å²) in [5, 5.41) is 6.17. The summed E-state index contributed by atoms with van der Waals surface area (Å²) in [6.45, 7) is 21.0. The minimum atomic E-state index is -0.544. The topological polar surface area (TPSA) is 114 Å². The minimum Gasteiger partial charge on any atom is -0.444 e. The van der Waals surface area contributed by atoms with Gasteiger partial charge in [-0.15, -0.1) is 0 Å². The number of nitrogens with one attached hydrogen (secondary N) is 2. The molecule has 2 aliphatic rings. The van der Waals surface area contributed by atoms with Gasteiger partial charge in [0.1, 0.15) is 28.7 Å². The number of piperidine rings is 2. The van der Waals surface area contributed by atoms with Crippen LogP contribution in [0, 0.1) is 42.1 Å². The Morgan fingerprint density at radius 3 is 1.80 bits per heavy atom. The van der Waals surface area contributed by atoms with Crippen LogP contribution < -0.4 is 10.6 Å². The fourth-order valence-electron chi connectivity index (χ4n) is 5.85. The molecule has 3 amide bonds. The van der Waals surface area contributed by atoms with E-state index < -0.39 is 23.4 Å². The van der Waals surface area contributed by atoms with Crippen LogP contribution in [-0.2, 0) is 14.3 Å². The molecule has 9 nitrogen and oxygen atoms in total. The van der Waals surface area contributed by atoms with Gasteiger partial charge in [-0.05, 0) is 153 Å². The van der Waals surface area contributed by atoms with Crippen molar-refractivity contribution in [2.24, 2.45) is 17.8 Å². The van der Waals surface area contributed by atoms with Crippen LogP contribution in [0.2, 0.25) is 0 Å². The smallest absolute Gasteiger partial charge is 0.417 e. The molecular formula is C47H66F3N3O6. The number of imide groups is 1. The second-order valence-corrected chi connectivity index (χ2v) is 17.6. The second-order valence-electron chi connectivity index (χ2n) is 17.6. The van der Waals surface area contributed by atoms with E-state index in [9.17, 15) is 32.3 Å². The Morgan fingerprint density at radius 1 is 0.780 bits per heavy atom. The van der Waals surface area contributed by atoms with Gasteiger partial charge in [-0.2, -0.15) is 0 Å². The quantitative estimate of drug-likeness (QED) is 0.228. The number of alkyl carbamates (subject to hydrolysis) is 1. The Hall–Kier alpha value is -4.71. The molecule has 4 atom stereocenters. The van der Waals surface area contributed by atoms with Crippen LogP contribution in [0.3, 0.4) is 0 Å². The van der Waals surface area contributed by atoms with Gasteiger partial charge in [-0.1, -0.05) is 50.6 Å². The number of Topliss-reactive ketones (excluding diaryl/α,β-unsaturated/α-hetero) is 1. The largest absolute Gasteiger partial charge is 0.444 e. The van der Waals surface area contributed by atoms with E-state index in [0.29, 0.717) is 49.9 Å². The lowest BCUT2D eigenvalue weighted by Gasteiger charge is -2.31. The number of nitrogens with zero attached hydrogens (tertiary/aromatic N) is 1. The van der Waals surface area contributed by atoms with Crippen LogP contribution in [0.5, 0.6) is 0 Å². The number of benzene rings is 3. The van der Waals surface area contributed by atoms with Gasteiger partial charge in [0.2, 0.25) is 5.91 Å². The summed E-state index contributed by atoms with van der Waals surface area (Å²) in [5.41, 5.74) is 1.74. The van der Waals surface area contributed by atoms with Crippen molar-refractivity contribution < 1.29 is 41.8 Å². The molecule has 2 N–H and O–H groups in total. The van der Waals surface area contributed by atoms with Crippen molar-refractivity contribution in [3.05, 3.63) is 107 Å². The Kier molecular flexibility index (Phi) is 20.8. The number of amides is 3. The first kappa shape index (κ1) is 50.4. The number of hydrogen-bond donors (Lipinski definition) is 2. The van der Waals surface area contributed by atoms with Gasteiger partial charge in [0.05, 0.1) is 0 Å². The van der Waals surface area contributed by atoms with E-state index in [1.54, 1.807) is 53.7 Å². The third-order valence-electron chi connectivity index (χ3n) is 9.23. The van der Waals surface area contributed by atoms with E-state index in [1.807, 2.05) is 32.9 Å². The van der Waals surface area contributed by atoms with Crippen molar-refractivity contribution in [1.82, 2.24) is 15.5 Å². The van der Waals surface area contributed by atoms with Gasteiger partial charge >= 0.3 is 12.2 Å². The maximum atomic E-state index is 12.8. The minimum absolute atomic E-state index is 0.0240. The highest BCUT2D eigenvalue weighted by atomic mass is 19.1. The number of rotatable bonds is 7. The molecule has 2 saturated heterocycles. The normalized spacial score (nSPS) is 18.3. The maximum Gasteiger partial charge on any atom is 0.417 e. The lowest BCUT2D eigenvalue weighted by Crippen LogP contribution is -2.45. The highest BCUT2D eigenvalue weighted by Gasteiger charge is 2.31. The molecule has 0 bridgehead atoms. The molecule has 2 aliphatic heterocycles. The zero-order chi connectivity index (χ0) is 44.3. The molecule has 59 heavy (non-hydrogen) atoms. The third kappa shape index (κ3) is 21.7. The summed E-state index contributed by atoms with van der Waals surface area (Å²) in [7, 11) is 0. The van der Waals surface area contributed by atoms with Gasteiger partial charge < -0.3 is 20.1 Å². The van der Waals surface area contributed by atoms with Crippen LogP contribution in [0.4, 0.5) is 22.8 Å². The van der Waals surface area contributed by atoms with Crippen molar-refractivity contribution in [2.45, 2.75) is 125 Å². The number of carbonyl (C=O) groups excluding carboxylic acids is 4. The molecule has 2 fully saturated rings. The Labute approximate surface area is 349 Å². The summed E-state index contributed by atoms with van der Waals surface area (Å²) in [4.78, 5) is 47.8. The number of ether oxygens (including phenoxy) is 2. The Morgan fingerprint density at radius 2 is 1.31 bits per heavy atom. The highest BCUT2D eigenvalue weighted by molar-refractivity contribution is 5.96. The summed E-state index contributed by atoms with van der Waals surface area (Å²) in [6.07, 6.45) is 3.76. The van der Waals surface area contributed by atoms with Crippen LogP contribution in [0.15, 0.2) is 72.8 Å². The molecular weight excluding hydrogens is 760 g/mol. The van der Waals surface area contributed by atoms with Crippen LogP contribution in [0.1, 0.15) is 128 Å². The number of carbonyl (C=O) groups is 4. The number of hydrogen-bond acceptors (Lipinski definition) is 7. The lowest BCUT2D eigenvalue weighted by atomic mass is 9.92. The molecule has 2 heterocycles. The molecule has 326 valence electrons. The van der Waals surface area contributed by atoms with Crippen LogP contribution in [-0.4, -0.2) is 59.6 Å². The van der Waals surface area contributed by atoms with E-state index in [1.165, 1.54) is 65.4 Å². The van der Waals surface area contributed by atoms with Gasteiger partial charge in [-0.3, -0.25) is 9.59 Å². The summed E-state index contributed by atoms with van der Waals surface area (Å²) < 4.78 is 47.9. The van der Waals surface area contributed by atoms with E-state index in [2.05, 4.69) is 17.6 Å². The standard InChI is InChI=1S/C17H24FNO3.C12H16FN.C11H19NO3.C7H7F/c1-12(11-19-16(21)22-17(2,3)4)5-10-15(20)13-6-8-14(18)9-7-13;1-9-2-7-12(14-8-9)10-3-5-11(13)6-4-10;1-8-5-6-9(13)12(7-8)10(14)15-11(2,3)4;1-6-2-4-7(8)5-3-6/h6-9,12H,5,10-11H2,1-4H3,(H,19,21);3-6,9,12,14H,2,7-8H2,1H3;8H,5-7H2,1-4H3;2-5H,1H3/t12-;9-,12+;8-;/m000./s1.